The van der Waals surface area contributed by atoms with Crippen LogP contribution in [0.5, 0.6) is 0 Å². The van der Waals surface area contributed by atoms with Gasteiger partial charge in [0.25, 0.3) is 0 Å². The highest BCUT2D eigenvalue weighted by atomic mass is 32.1. The first-order valence-corrected chi connectivity index (χ1v) is 6.10. The third-order valence-corrected chi connectivity index (χ3v) is 2.72. The number of para-hydroxylation sites is 1. The van der Waals surface area contributed by atoms with Gasteiger partial charge < -0.3 is 10.6 Å². The maximum Gasteiger partial charge on any atom is 0.171 e. The van der Waals surface area contributed by atoms with Crippen molar-refractivity contribution in [2.45, 2.75) is 6.54 Å². The molecule has 0 aliphatic carbocycles. The summed E-state index contributed by atoms with van der Waals surface area (Å²) in [5.41, 5.74) is 1.49. The van der Waals surface area contributed by atoms with Crippen molar-refractivity contribution in [3.63, 3.8) is 0 Å². The van der Waals surface area contributed by atoms with Gasteiger partial charge in [-0.05, 0) is 42.0 Å². The van der Waals surface area contributed by atoms with Crippen molar-refractivity contribution in [3.8, 4) is 0 Å². The van der Waals surface area contributed by atoms with Crippen LogP contribution in [-0.2, 0) is 6.54 Å². The number of halogens is 2. The molecule has 2 aromatic carbocycles. The third-order valence-electron chi connectivity index (χ3n) is 2.47. The first kappa shape index (κ1) is 13.4. The topological polar surface area (TPSA) is 24.1 Å². The van der Waals surface area contributed by atoms with Gasteiger partial charge >= 0.3 is 0 Å². The Morgan fingerprint density at radius 1 is 1.00 bits per heavy atom. The molecular formula is C14H12F2N2S. The van der Waals surface area contributed by atoms with Gasteiger partial charge in [0.1, 0.15) is 0 Å². The smallest absolute Gasteiger partial charge is 0.171 e. The number of hydrogen-bond donors (Lipinski definition) is 2. The van der Waals surface area contributed by atoms with E-state index in [1.165, 1.54) is 6.07 Å². The van der Waals surface area contributed by atoms with Crippen LogP contribution in [0, 0.1) is 11.6 Å². The van der Waals surface area contributed by atoms with E-state index in [1.807, 2.05) is 30.3 Å². The Labute approximate surface area is 115 Å². The molecule has 0 heterocycles. The number of rotatable bonds is 3. The SMILES string of the molecule is Fc1ccc(CNC(=S)Nc2ccccc2)cc1F. The van der Waals surface area contributed by atoms with Crippen LogP contribution < -0.4 is 10.6 Å². The highest BCUT2D eigenvalue weighted by Crippen LogP contribution is 2.09. The van der Waals surface area contributed by atoms with Crippen molar-refractivity contribution in [3.05, 3.63) is 65.7 Å². The summed E-state index contributed by atoms with van der Waals surface area (Å²) in [4.78, 5) is 0. The summed E-state index contributed by atoms with van der Waals surface area (Å²) in [6.07, 6.45) is 0. The van der Waals surface area contributed by atoms with Crippen LogP contribution >= 0.6 is 12.2 Å². The van der Waals surface area contributed by atoms with Crippen LogP contribution in [0.25, 0.3) is 0 Å². The molecule has 0 amide bonds. The zero-order valence-corrected chi connectivity index (χ0v) is 10.8. The number of benzene rings is 2. The fraction of sp³-hybridized carbons (Fsp3) is 0.0714. The molecule has 0 spiro atoms. The Kier molecular flexibility index (Phi) is 4.41. The molecule has 2 nitrogen and oxygen atoms in total. The summed E-state index contributed by atoms with van der Waals surface area (Å²) in [7, 11) is 0. The minimum Gasteiger partial charge on any atom is -0.358 e. The van der Waals surface area contributed by atoms with E-state index in [2.05, 4.69) is 10.6 Å². The maximum atomic E-state index is 13.0. The molecule has 0 atom stereocenters. The summed E-state index contributed by atoms with van der Waals surface area (Å²) < 4.78 is 25.8. The van der Waals surface area contributed by atoms with E-state index in [0.717, 1.165) is 17.8 Å². The maximum absolute atomic E-state index is 13.0. The van der Waals surface area contributed by atoms with E-state index in [4.69, 9.17) is 12.2 Å². The minimum atomic E-state index is -0.860. The molecule has 0 saturated heterocycles. The second-order valence-electron chi connectivity index (χ2n) is 3.92. The van der Waals surface area contributed by atoms with E-state index >= 15 is 0 Å². The highest BCUT2D eigenvalue weighted by Gasteiger charge is 2.03. The largest absolute Gasteiger partial charge is 0.358 e. The normalized spacial score (nSPS) is 10.0. The molecule has 0 aliphatic heterocycles. The molecule has 0 bridgehead atoms. The van der Waals surface area contributed by atoms with E-state index in [0.29, 0.717) is 17.2 Å². The fourth-order valence-electron chi connectivity index (χ4n) is 1.53. The van der Waals surface area contributed by atoms with Gasteiger partial charge in [-0.25, -0.2) is 8.78 Å². The lowest BCUT2D eigenvalue weighted by atomic mass is 10.2. The first-order valence-electron chi connectivity index (χ1n) is 5.69. The zero-order chi connectivity index (χ0) is 13.7. The van der Waals surface area contributed by atoms with Crippen molar-refractivity contribution in [1.29, 1.82) is 0 Å². The number of nitrogens with one attached hydrogen (secondary N) is 2. The average molecular weight is 278 g/mol. The van der Waals surface area contributed by atoms with E-state index in [9.17, 15) is 8.78 Å². The van der Waals surface area contributed by atoms with Crippen LogP contribution in [0.15, 0.2) is 48.5 Å². The van der Waals surface area contributed by atoms with E-state index < -0.39 is 11.6 Å². The zero-order valence-electron chi connectivity index (χ0n) is 9.99. The summed E-state index contributed by atoms with van der Waals surface area (Å²) in [5, 5.41) is 6.34. The summed E-state index contributed by atoms with van der Waals surface area (Å²) in [6, 6.07) is 13.2. The first-order chi connectivity index (χ1) is 9.15. The molecule has 19 heavy (non-hydrogen) atoms. The van der Waals surface area contributed by atoms with Gasteiger partial charge in [0.2, 0.25) is 0 Å². The predicted molar refractivity (Wildman–Crippen MR) is 75.9 cm³/mol. The second-order valence-corrected chi connectivity index (χ2v) is 4.33. The molecule has 2 rings (SSSR count). The second kappa shape index (κ2) is 6.24. The van der Waals surface area contributed by atoms with Crippen molar-refractivity contribution >= 4 is 23.0 Å². The Bertz CT molecular complexity index is 573. The van der Waals surface area contributed by atoms with Gasteiger partial charge in [0.15, 0.2) is 16.7 Å². The van der Waals surface area contributed by atoms with Gasteiger partial charge in [0, 0.05) is 12.2 Å². The Balaban J connectivity index is 1.88. The summed E-state index contributed by atoms with van der Waals surface area (Å²) in [6.45, 7) is 0.329. The molecule has 0 fully saturated rings. The van der Waals surface area contributed by atoms with E-state index in [-0.39, 0.29) is 0 Å². The van der Waals surface area contributed by atoms with Crippen LogP contribution in [-0.4, -0.2) is 5.11 Å². The number of thiocarbonyl (C=S) groups is 1. The quantitative estimate of drug-likeness (QED) is 0.841. The third kappa shape index (κ3) is 3.99. The Morgan fingerprint density at radius 3 is 2.42 bits per heavy atom. The number of hydrogen-bond acceptors (Lipinski definition) is 1. The van der Waals surface area contributed by atoms with Crippen molar-refractivity contribution < 1.29 is 8.78 Å². The molecular weight excluding hydrogens is 266 g/mol. The molecule has 2 aromatic rings. The van der Waals surface area contributed by atoms with Crippen molar-refractivity contribution in [1.82, 2.24) is 5.32 Å². The Hall–Kier alpha value is -2.01. The van der Waals surface area contributed by atoms with Gasteiger partial charge in [-0.15, -0.1) is 0 Å². The van der Waals surface area contributed by atoms with Crippen molar-refractivity contribution in [2.24, 2.45) is 0 Å². The fourth-order valence-corrected chi connectivity index (χ4v) is 1.72. The predicted octanol–water partition coefficient (Wildman–Crippen LogP) is 3.45. The minimum absolute atomic E-state index is 0.329. The van der Waals surface area contributed by atoms with Crippen LogP contribution in [0.3, 0.4) is 0 Å². The monoisotopic (exact) mass is 278 g/mol. The van der Waals surface area contributed by atoms with Crippen molar-refractivity contribution in [2.75, 3.05) is 5.32 Å². The van der Waals surface area contributed by atoms with Gasteiger partial charge in [-0.1, -0.05) is 24.3 Å². The summed E-state index contributed by atoms with van der Waals surface area (Å²) in [5.74, 6) is -1.71. The standard InChI is InChI=1S/C14H12F2N2S/c15-12-7-6-10(8-13(12)16)9-17-14(19)18-11-4-2-1-3-5-11/h1-8H,9H2,(H2,17,18,19). The molecule has 98 valence electrons. The number of anilines is 1. The average Bonchev–Trinajstić information content (AvgIpc) is 2.41. The van der Waals surface area contributed by atoms with Gasteiger partial charge in [-0.3, -0.25) is 0 Å². The molecule has 0 radical (unpaired) electrons. The molecule has 2 N–H and O–H groups in total. The highest BCUT2D eigenvalue weighted by molar-refractivity contribution is 7.80. The van der Waals surface area contributed by atoms with Crippen LogP contribution in [0.1, 0.15) is 5.56 Å². The lowest BCUT2D eigenvalue weighted by molar-refractivity contribution is 0.507. The van der Waals surface area contributed by atoms with E-state index in [1.54, 1.807) is 0 Å². The molecule has 0 aliphatic rings. The van der Waals surface area contributed by atoms with Gasteiger partial charge in [-0.2, -0.15) is 0 Å². The molecule has 0 saturated carbocycles. The molecule has 5 heteroatoms. The molecule has 0 aromatic heterocycles. The summed E-state index contributed by atoms with van der Waals surface area (Å²) >= 11 is 5.10. The molecule has 0 unspecified atom stereocenters. The Morgan fingerprint density at radius 2 is 1.74 bits per heavy atom. The lowest BCUT2D eigenvalue weighted by Gasteiger charge is -2.10. The van der Waals surface area contributed by atoms with Crippen LogP contribution in [0.4, 0.5) is 14.5 Å². The lowest BCUT2D eigenvalue weighted by Crippen LogP contribution is -2.27. The van der Waals surface area contributed by atoms with Gasteiger partial charge in [0.05, 0.1) is 0 Å². The van der Waals surface area contributed by atoms with Crippen LogP contribution in [0.2, 0.25) is 0 Å².